The molecule has 0 bridgehead atoms. The van der Waals surface area contributed by atoms with E-state index in [4.69, 9.17) is 0 Å². The first kappa shape index (κ1) is 19.0. The van der Waals surface area contributed by atoms with E-state index in [0.29, 0.717) is 12.1 Å². The van der Waals surface area contributed by atoms with Crippen LogP contribution in [0.3, 0.4) is 0 Å². The molecule has 0 saturated carbocycles. The number of likely N-dealkylation sites (N-methyl/N-ethyl adjacent to an activating group) is 1. The van der Waals surface area contributed by atoms with Crippen LogP contribution in [0.2, 0.25) is 0 Å². The summed E-state index contributed by atoms with van der Waals surface area (Å²) in [6.45, 7) is 6.47. The number of nitrogens with one attached hydrogen (secondary N) is 1. The van der Waals surface area contributed by atoms with Gasteiger partial charge in [0.25, 0.3) is 5.91 Å². The lowest BCUT2D eigenvalue weighted by Crippen LogP contribution is -2.35. The molecule has 6 nitrogen and oxygen atoms in total. The van der Waals surface area contributed by atoms with E-state index in [1.807, 2.05) is 34.0 Å². The Balaban J connectivity index is 1.77. The van der Waals surface area contributed by atoms with Gasteiger partial charge < -0.3 is 10.2 Å². The molecule has 0 fully saturated rings. The lowest BCUT2D eigenvalue weighted by Gasteiger charge is -2.25. The Labute approximate surface area is 160 Å². The number of aromatic nitrogens is 3. The second-order valence-electron chi connectivity index (χ2n) is 7.10. The van der Waals surface area contributed by atoms with Crippen LogP contribution in [0.1, 0.15) is 45.8 Å². The zero-order valence-corrected chi connectivity index (χ0v) is 16.7. The summed E-state index contributed by atoms with van der Waals surface area (Å²) in [6, 6.07) is 10.6. The third kappa shape index (κ3) is 4.01. The maximum Gasteiger partial charge on any atom is 0.254 e. The third-order valence-corrected chi connectivity index (χ3v) is 4.94. The lowest BCUT2D eigenvalue weighted by molar-refractivity contribution is 0.0940. The molecule has 1 amide bonds. The van der Waals surface area contributed by atoms with E-state index >= 15 is 0 Å². The molecule has 1 N–H and O–H groups in total. The SMILES string of the molecule is CCc1ccc(C(CNC(=O)c2cnc3cc(C)nn3c2C)N(C)C)cc1. The number of rotatable bonds is 6. The molecule has 0 radical (unpaired) electrons. The number of amides is 1. The van der Waals surface area contributed by atoms with Gasteiger partial charge in [0.15, 0.2) is 5.65 Å². The first-order chi connectivity index (χ1) is 12.9. The van der Waals surface area contributed by atoms with E-state index in [1.54, 1.807) is 10.7 Å². The van der Waals surface area contributed by atoms with Gasteiger partial charge in [0.1, 0.15) is 0 Å². The quantitative estimate of drug-likeness (QED) is 0.730. The Kier molecular flexibility index (Phi) is 5.56. The van der Waals surface area contributed by atoms with E-state index in [0.717, 1.165) is 23.5 Å². The van der Waals surface area contributed by atoms with Crippen molar-refractivity contribution < 1.29 is 4.79 Å². The number of aryl methyl sites for hydroxylation is 3. The average molecular weight is 365 g/mol. The zero-order valence-electron chi connectivity index (χ0n) is 16.7. The maximum absolute atomic E-state index is 12.8. The van der Waals surface area contributed by atoms with Crippen LogP contribution in [0.25, 0.3) is 5.65 Å². The molecule has 2 heterocycles. The highest BCUT2D eigenvalue weighted by Crippen LogP contribution is 2.19. The van der Waals surface area contributed by atoms with Crippen LogP contribution in [0.15, 0.2) is 36.5 Å². The fourth-order valence-corrected chi connectivity index (χ4v) is 3.24. The van der Waals surface area contributed by atoms with Gasteiger partial charge in [-0.1, -0.05) is 31.2 Å². The number of carbonyl (C=O) groups excluding carboxylic acids is 1. The highest BCUT2D eigenvalue weighted by molar-refractivity contribution is 5.95. The number of nitrogens with zero attached hydrogens (tertiary/aromatic N) is 4. The van der Waals surface area contributed by atoms with Crippen LogP contribution in [0.5, 0.6) is 0 Å². The van der Waals surface area contributed by atoms with E-state index in [1.165, 1.54) is 11.1 Å². The third-order valence-electron chi connectivity index (χ3n) is 4.94. The Morgan fingerprint density at radius 2 is 1.93 bits per heavy atom. The van der Waals surface area contributed by atoms with Crippen LogP contribution in [0.4, 0.5) is 0 Å². The van der Waals surface area contributed by atoms with E-state index < -0.39 is 0 Å². The fraction of sp³-hybridized carbons (Fsp3) is 0.381. The minimum atomic E-state index is -0.132. The first-order valence-corrected chi connectivity index (χ1v) is 9.26. The van der Waals surface area contributed by atoms with Crippen LogP contribution in [0, 0.1) is 13.8 Å². The van der Waals surface area contributed by atoms with Crippen LogP contribution < -0.4 is 5.32 Å². The number of fused-ring (bicyclic) bond motifs is 1. The molecule has 0 spiro atoms. The minimum absolute atomic E-state index is 0.101. The van der Waals surface area contributed by atoms with Crippen molar-refractivity contribution >= 4 is 11.6 Å². The fourth-order valence-electron chi connectivity index (χ4n) is 3.24. The summed E-state index contributed by atoms with van der Waals surface area (Å²) in [5.74, 6) is -0.132. The minimum Gasteiger partial charge on any atom is -0.350 e. The zero-order chi connectivity index (χ0) is 19.6. The number of hydrogen-bond donors (Lipinski definition) is 1. The molecule has 0 aliphatic carbocycles. The van der Waals surface area contributed by atoms with Gasteiger partial charge in [-0.3, -0.25) is 4.79 Å². The summed E-state index contributed by atoms with van der Waals surface area (Å²) < 4.78 is 1.72. The normalized spacial score (nSPS) is 12.5. The smallest absolute Gasteiger partial charge is 0.254 e. The topological polar surface area (TPSA) is 62.5 Å². The molecule has 142 valence electrons. The summed E-state index contributed by atoms with van der Waals surface area (Å²) in [5.41, 5.74) is 5.47. The summed E-state index contributed by atoms with van der Waals surface area (Å²) in [7, 11) is 4.05. The predicted molar refractivity (Wildman–Crippen MR) is 107 cm³/mol. The van der Waals surface area contributed by atoms with Gasteiger partial charge in [-0.25, -0.2) is 9.50 Å². The molecule has 0 saturated heterocycles. The molecule has 1 atom stereocenters. The molecule has 2 aromatic heterocycles. The van der Waals surface area contributed by atoms with Gasteiger partial charge >= 0.3 is 0 Å². The Hall–Kier alpha value is -2.73. The van der Waals surface area contributed by atoms with Crippen molar-refractivity contribution in [3.63, 3.8) is 0 Å². The van der Waals surface area contributed by atoms with Crippen molar-refractivity contribution in [2.45, 2.75) is 33.2 Å². The molecule has 1 aromatic carbocycles. The van der Waals surface area contributed by atoms with Crippen molar-refractivity contribution in [1.82, 2.24) is 24.8 Å². The highest BCUT2D eigenvalue weighted by Gasteiger charge is 2.18. The van der Waals surface area contributed by atoms with Gasteiger partial charge in [-0.05, 0) is 45.5 Å². The van der Waals surface area contributed by atoms with Crippen molar-refractivity contribution in [2.75, 3.05) is 20.6 Å². The van der Waals surface area contributed by atoms with Crippen LogP contribution in [-0.4, -0.2) is 46.0 Å². The first-order valence-electron chi connectivity index (χ1n) is 9.26. The van der Waals surface area contributed by atoms with Crippen molar-refractivity contribution in [1.29, 1.82) is 0 Å². The van der Waals surface area contributed by atoms with E-state index in [-0.39, 0.29) is 11.9 Å². The van der Waals surface area contributed by atoms with Crippen LogP contribution in [-0.2, 0) is 6.42 Å². The Morgan fingerprint density at radius 3 is 2.56 bits per heavy atom. The molecule has 1 unspecified atom stereocenters. The van der Waals surface area contributed by atoms with Crippen molar-refractivity contribution in [3.8, 4) is 0 Å². The van der Waals surface area contributed by atoms with E-state index in [2.05, 4.69) is 51.5 Å². The molecular formula is C21H27N5O. The second-order valence-corrected chi connectivity index (χ2v) is 7.10. The summed E-state index contributed by atoms with van der Waals surface area (Å²) in [4.78, 5) is 19.2. The molecule has 0 aliphatic rings. The molecular weight excluding hydrogens is 338 g/mol. The van der Waals surface area contributed by atoms with E-state index in [9.17, 15) is 4.79 Å². The molecule has 27 heavy (non-hydrogen) atoms. The molecule has 3 aromatic rings. The number of carbonyl (C=O) groups is 1. The maximum atomic E-state index is 12.8. The standard InChI is InChI=1S/C21H27N5O/c1-6-16-7-9-17(10-8-16)19(25(4)5)13-23-21(27)18-12-22-20-11-14(2)24-26(20)15(18)3/h7-12,19H,6,13H2,1-5H3,(H,23,27). The lowest BCUT2D eigenvalue weighted by atomic mass is 10.0. The van der Waals surface area contributed by atoms with Gasteiger partial charge in [-0.15, -0.1) is 0 Å². The molecule has 6 heteroatoms. The van der Waals surface area contributed by atoms with Gasteiger partial charge in [0.2, 0.25) is 0 Å². The number of hydrogen-bond acceptors (Lipinski definition) is 4. The molecule has 3 rings (SSSR count). The Bertz CT molecular complexity index is 943. The Morgan fingerprint density at radius 1 is 1.22 bits per heavy atom. The van der Waals surface area contributed by atoms with Gasteiger partial charge in [0, 0.05) is 18.8 Å². The number of benzene rings is 1. The van der Waals surface area contributed by atoms with Gasteiger partial charge in [0.05, 0.1) is 23.0 Å². The monoisotopic (exact) mass is 365 g/mol. The average Bonchev–Trinajstić information content (AvgIpc) is 3.03. The molecule has 0 aliphatic heterocycles. The second kappa shape index (κ2) is 7.88. The van der Waals surface area contributed by atoms with Crippen molar-refractivity contribution in [2.24, 2.45) is 0 Å². The summed E-state index contributed by atoms with van der Waals surface area (Å²) in [5, 5.41) is 7.47. The van der Waals surface area contributed by atoms with Gasteiger partial charge in [-0.2, -0.15) is 5.10 Å². The highest BCUT2D eigenvalue weighted by atomic mass is 16.1. The largest absolute Gasteiger partial charge is 0.350 e. The predicted octanol–water partition coefficient (Wildman–Crippen LogP) is 2.94. The van der Waals surface area contributed by atoms with Crippen LogP contribution >= 0.6 is 0 Å². The van der Waals surface area contributed by atoms with Crippen molar-refractivity contribution in [3.05, 3.63) is 64.6 Å². The summed E-state index contributed by atoms with van der Waals surface area (Å²) >= 11 is 0. The summed E-state index contributed by atoms with van der Waals surface area (Å²) in [6.07, 6.45) is 2.65.